The molecule has 2 atom stereocenters. The fourth-order valence-electron chi connectivity index (χ4n) is 3.97. The molecule has 1 fully saturated rings. The van der Waals surface area contributed by atoms with Gasteiger partial charge in [0.25, 0.3) is 17.5 Å². The van der Waals surface area contributed by atoms with Crippen molar-refractivity contribution < 1.29 is 24.0 Å². The summed E-state index contributed by atoms with van der Waals surface area (Å²) in [6.07, 6.45) is 0.425. The molecule has 2 aliphatic heterocycles. The van der Waals surface area contributed by atoms with Crippen molar-refractivity contribution in [1.82, 2.24) is 9.80 Å². The smallest absolute Gasteiger partial charge is 0.277 e. The van der Waals surface area contributed by atoms with Gasteiger partial charge < -0.3 is 14.4 Å². The van der Waals surface area contributed by atoms with E-state index in [-0.39, 0.29) is 47.9 Å². The molecule has 168 valence electrons. The zero-order valence-corrected chi connectivity index (χ0v) is 18.4. The maximum absolute atomic E-state index is 13.3. The highest BCUT2D eigenvalue weighted by Crippen LogP contribution is 2.34. The first-order valence-electron chi connectivity index (χ1n) is 10.6. The molecule has 0 spiro atoms. The number of morpholine rings is 1. The lowest BCUT2D eigenvalue weighted by Crippen LogP contribution is -2.47. The van der Waals surface area contributed by atoms with Crippen molar-refractivity contribution >= 4 is 23.1 Å². The second-order valence-corrected chi connectivity index (χ2v) is 8.22. The largest absolute Gasteiger partial charge is 0.379 e. The van der Waals surface area contributed by atoms with E-state index in [9.17, 15) is 19.7 Å². The summed E-state index contributed by atoms with van der Waals surface area (Å²) in [4.78, 5) is 40.3. The molecule has 31 heavy (non-hydrogen) atoms. The number of nitro groups is 1. The zero-order valence-electron chi connectivity index (χ0n) is 18.4. The lowest BCUT2D eigenvalue weighted by Gasteiger charge is -2.37. The lowest BCUT2D eigenvalue weighted by molar-refractivity contribution is -0.384. The quantitative estimate of drug-likeness (QED) is 0.270. The van der Waals surface area contributed by atoms with Crippen LogP contribution in [-0.4, -0.2) is 71.1 Å². The molecule has 1 saturated heterocycles. The molecule has 2 aliphatic rings. The van der Waals surface area contributed by atoms with Crippen LogP contribution in [0.3, 0.4) is 0 Å². The Balaban J connectivity index is 1.93. The Morgan fingerprint density at radius 2 is 1.74 bits per heavy atom. The molecular weight excluding hydrogens is 402 g/mol. The van der Waals surface area contributed by atoms with Gasteiger partial charge in [0.1, 0.15) is 5.70 Å². The summed E-state index contributed by atoms with van der Waals surface area (Å²) < 4.78 is 11.3. The van der Waals surface area contributed by atoms with Crippen LogP contribution in [0, 0.1) is 10.1 Å². The van der Waals surface area contributed by atoms with Gasteiger partial charge in [-0.25, -0.2) is 0 Å². The van der Waals surface area contributed by atoms with Crippen LogP contribution in [0.4, 0.5) is 5.69 Å². The fraction of sp³-hybridized carbons (Fsp3) is 0.545. The summed E-state index contributed by atoms with van der Waals surface area (Å²) in [5.41, 5.74) is 1.04. The van der Waals surface area contributed by atoms with Gasteiger partial charge in [0.05, 0.1) is 28.8 Å². The molecule has 0 saturated carbocycles. The molecule has 9 nitrogen and oxygen atoms in total. The van der Waals surface area contributed by atoms with E-state index in [1.165, 1.54) is 29.2 Å². The summed E-state index contributed by atoms with van der Waals surface area (Å²) in [5.74, 6) is -0.727. The Labute approximate surface area is 181 Å². The molecule has 0 bridgehead atoms. The second-order valence-electron chi connectivity index (χ2n) is 8.22. The van der Waals surface area contributed by atoms with E-state index in [1.54, 1.807) is 0 Å². The average molecular weight is 431 g/mol. The van der Waals surface area contributed by atoms with Gasteiger partial charge >= 0.3 is 0 Å². The predicted octanol–water partition coefficient (Wildman–Crippen LogP) is 2.60. The second kappa shape index (κ2) is 9.57. The van der Waals surface area contributed by atoms with Gasteiger partial charge in [-0.2, -0.15) is 0 Å². The molecule has 0 radical (unpaired) electrons. The van der Waals surface area contributed by atoms with Crippen molar-refractivity contribution in [2.24, 2.45) is 0 Å². The molecule has 9 heteroatoms. The molecule has 1 aromatic rings. The number of rotatable bonds is 8. The number of imide groups is 1. The SMILES string of the molecule is CC(C)OCCCN1C(=O)C(c2ccc([N+](=O)[O-])cc2)=C(N2CC(C)OC(C)C2)C1=O. The minimum Gasteiger partial charge on any atom is -0.379 e. The van der Waals surface area contributed by atoms with Gasteiger partial charge in [-0.1, -0.05) is 0 Å². The Kier molecular flexibility index (Phi) is 7.07. The van der Waals surface area contributed by atoms with Gasteiger partial charge in [-0.15, -0.1) is 0 Å². The van der Waals surface area contributed by atoms with Gasteiger partial charge in [-0.05, 0) is 51.8 Å². The van der Waals surface area contributed by atoms with Crippen molar-refractivity contribution in [3.05, 3.63) is 45.6 Å². The number of amides is 2. The van der Waals surface area contributed by atoms with E-state index in [4.69, 9.17) is 9.47 Å². The Morgan fingerprint density at radius 1 is 1.13 bits per heavy atom. The summed E-state index contributed by atoms with van der Waals surface area (Å²) >= 11 is 0. The van der Waals surface area contributed by atoms with Crippen LogP contribution in [0.5, 0.6) is 0 Å². The van der Waals surface area contributed by atoms with E-state index in [1.807, 2.05) is 32.6 Å². The summed E-state index contributed by atoms with van der Waals surface area (Å²) in [6, 6.07) is 5.75. The monoisotopic (exact) mass is 431 g/mol. The maximum atomic E-state index is 13.3. The normalized spacial score (nSPS) is 22.1. The van der Waals surface area contributed by atoms with Crippen molar-refractivity contribution in [3.63, 3.8) is 0 Å². The third-order valence-electron chi connectivity index (χ3n) is 5.22. The number of nitro benzene ring substituents is 1. The fourth-order valence-corrected chi connectivity index (χ4v) is 3.97. The highest BCUT2D eigenvalue weighted by atomic mass is 16.6. The molecular formula is C22H29N3O6. The lowest BCUT2D eigenvalue weighted by atomic mass is 10.0. The number of ether oxygens (including phenoxy) is 2. The molecule has 0 aliphatic carbocycles. The van der Waals surface area contributed by atoms with Crippen LogP contribution in [-0.2, 0) is 19.1 Å². The first-order valence-corrected chi connectivity index (χ1v) is 10.6. The number of benzene rings is 1. The number of nitrogens with zero attached hydrogens (tertiary/aromatic N) is 3. The van der Waals surface area contributed by atoms with Gasteiger partial charge in [0.15, 0.2) is 0 Å². The van der Waals surface area contributed by atoms with Crippen molar-refractivity contribution in [2.45, 2.75) is 52.4 Å². The summed E-state index contributed by atoms with van der Waals surface area (Å²) in [6.45, 7) is 9.38. The number of non-ortho nitro benzene ring substituents is 1. The van der Waals surface area contributed by atoms with E-state index < -0.39 is 4.92 Å². The minimum absolute atomic E-state index is 0.0704. The molecule has 2 unspecified atom stereocenters. The molecule has 2 heterocycles. The molecule has 1 aromatic carbocycles. The predicted molar refractivity (Wildman–Crippen MR) is 114 cm³/mol. The third-order valence-corrected chi connectivity index (χ3v) is 5.22. The standard InChI is InChI=1S/C22H29N3O6/c1-14(2)30-11-5-10-24-21(26)19(17-6-8-18(9-7-17)25(28)29)20(22(24)27)23-12-15(3)31-16(4)13-23/h6-9,14-16H,5,10-13H2,1-4H3. The van der Waals surface area contributed by atoms with Crippen molar-refractivity contribution in [2.75, 3.05) is 26.2 Å². The Hall–Kier alpha value is -2.78. The number of hydrogen-bond acceptors (Lipinski definition) is 7. The van der Waals surface area contributed by atoms with Crippen LogP contribution >= 0.6 is 0 Å². The maximum Gasteiger partial charge on any atom is 0.277 e. The molecule has 0 N–H and O–H groups in total. The molecule has 2 amide bonds. The molecule has 0 aromatic heterocycles. The van der Waals surface area contributed by atoms with Gasteiger partial charge in [-0.3, -0.25) is 24.6 Å². The highest BCUT2D eigenvalue weighted by molar-refractivity contribution is 6.35. The van der Waals surface area contributed by atoms with Crippen LogP contribution in [0.15, 0.2) is 30.0 Å². The topological polar surface area (TPSA) is 102 Å². The van der Waals surface area contributed by atoms with E-state index in [0.29, 0.717) is 37.4 Å². The number of carbonyl (C=O) groups excluding carboxylic acids is 2. The van der Waals surface area contributed by atoms with Crippen molar-refractivity contribution in [3.8, 4) is 0 Å². The minimum atomic E-state index is -0.493. The summed E-state index contributed by atoms with van der Waals surface area (Å²) in [5, 5.41) is 11.0. The number of carbonyl (C=O) groups is 2. The van der Waals surface area contributed by atoms with Gasteiger partial charge in [0.2, 0.25) is 0 Å². The van der Waals surface area contributed by atoms with Crippen molar-refractivity contribution in [1.29, 1.82) is 0 Å². The van der Waals surface area contributed by atoms with E-state index in [0.717, 1.165) is 0 Å². The first kappa shape index (κ1) is 22.9. The van der Waals surface area contributed by atoms with Crippen LogP contribution in [0.1, 0.15) is 39.7 Å². The average Bonchev–Trinajstić information content (AvgIpc) is 2.94. The van der Waals surface area contributed by atoms with Crippen LogP contribution in [0.25, 0.3) is 5.57 Å². The molecule has 3 rings (SSSR count). The highest BCUT2D eigenvalue weighted by Gasteiger charge is 2.42. The van der Waals surface area contributed by atoms with E-state index >= 15 is 0 Å². The third kappa shape index (κ3) is 5.11. The first-order chi connectivity index (χ1) is 14.7. The van der Waals surface area contributed by atoms with E-state index in [2.05, 4.69) is 0 Å². The van der Waals surface area contributed by atoms with Crippen LogP contribution < -0.4 is 0 Å². The zero-order chi connectivity index (χ0) is 22.7. The number of hydrogen-bond donors (Lipinski definition) is 0. The Morgan fingerprint density at radius 3 is 2.29 bits per heavy atom. The van der Waals surface area contributed by atoms with Crippen LogP contribution in [0.2, 0.25) is 0 Å². The van der Waals surface area contributed by atoms with Gasteiger partial charge in [0, 0.05) is 38.4 Å². The Bertz CT molecular complexity index is 870. The summed E-state index contributed by atoms with van der Waals surface area (Å²) in [7, 11) is 0.